The number of benzene rings is 1. The van der Waals surface area contributed by atoms with Gasteiger partial charge in [0.25, 0.3) is 0 Å². The van der Waals surface area contributed by atoms with E-state index in [9.17, 15) is 9.65 Å². The first-order valence-electron chi connectivity index (χ1n) is 15.0. The summed E-state index contributed by atoms with van der Waals surface area (Å²) in [6, 6.07) is 2.05. The van der Waals surface area contributed by atoms with Crippen LogP contribution >= 0.6 is 11.3 Å². The van der Waals surface area contributed by atoms with E-state index in [-0.39, 0.29) is 56.4 Å². The molecule has 10 heteroatoms. The number of aromatic nitrogens is 2. The summed E-state index contributed by atoms with van der Waals surface area (Å²) in [5, 5.41) is 10.5. The fraction of sp³-hybridized carbons (Fsp3) is 0.485. The number of hydrogen-bond donors (Lipinski definition) is 1. The van der Waals surface area contributed by atoms with E-state index < -0.39 is 11.6 Å². The Morgan fingerprint density at radius 3 is 2.44 bits per heavy atom. The van der Waals surface area contributed by atoms with Gasteiger partial charge in [-0.2, -0.15) is 5.26 Å². The molecule has 43 heavy (non-hydrogen) atoms. The fourth-order valence-corrected chi connectivity index (χ4v) is 6.99. The van der Waals surface area contributed by atoms with Gasteiger partial charge >= 0.3 is 0 Å². The van der Waals surface area contributed by atoms with Gasteiger partial charge in [-0.15, -0.1) is 11.3 Å². The predicted octanol–water partition coefficient (Wildman–Crippen LogP) is 7.68. The number of anilines is 2. The van der Waals surface area contributed by atoms with Gasteiger partial charge in [-0.05, 0) is 50.6 Å². The number of nitrogen functional groups attached to an aromatic ring is 1. The van der Waals surface area contributed by atoms with Gasteiger partial charge in [0.05, 0.1) is 23.7 Å². The lowest BCUT2D eigenvalue weighted by Gasteiger charge is -2.46. The lowest BCUT2D eigenvalue weighted by molar-refractivity contribution is 0.134. The lowest BCUT2D eigenvalue weighted by atomic mass is 9.88. The molecule has 1 saturated carbocycles. The van der Waals surface area contributed by atoms with Crippen LogP contribution in [0.5, 0.6) is 0 Å². The van der Waals surface area contributed by atoms with Crippen LogP contribution in [0.4, 0.5) is 19.7 Å². The Morgan fingerprint density at radius 2 is 1.88 bits per heavy atom. The molecule has 3 aromatic rings. The molecule has 0 amide bonds. The van der Waals surface area contributed by atoms with E-state index in [1.54, 1.807) is 13.1 Å². The third-order valence-electron chi connectivity index (χ3n) is 8.39. The van der Waals surface area contributed by atoms with Crippen LogP contribution in [0.15, 0.2) is 18.9 Å². The van der Waals surface area contributed by atoms with Gasteiger partial charge < -0.3 is 20.3 Å². The monoisotopic (exact) mass is 608 g/mol. The molecular weight excluding hydrogens is 566 g/mol. The number of nitrogens with zero attached hydrogens (tertiary/aromatic N) is 5. The van der Waals surface area contributed by atoms with Crippen molar-refractivity contribution in [3.63, 3.8) is 0 Å². The molecule has 2 aromatic heterocycles. The van der Waals surface area contributed by atoms with Gasteiger partial charge in [0, 0.05) is 47.3 Å². The second kappa shape index (κ2) is 13.1. The molecule has 3 aliphatic rings. The number of thiophene rings is 1. The molecule has 0 bridgehead atoms. The van der Waals surface area contributed by atoms with Crippen molar-refractivity contribution in [1.82, 2.24) is 14.9 Å². The van der Waals surface area contributed by atoms with E-state index in [0.717, 1.165) is 30.0 Å². The zero-order chi connectivity index (χ0) is 31.6. The zero-order valence-corrected chi connectivity index (χ0v) is 27.1. The highest BCUT2D eigenvalue weighted by Crippen LogP contribution is 2.50. The van der Waals surface area contributed by atoms with Crippen molar-refractivity contribution >= 4 is 44.6 Å². The molecule has 2 aliphatic heterocycles. The van der Waals surface area contributed by atoms with Crippen LogP contribution in [0.3, 0.4) is 0 Å². The van der Waals surface area contributed by atoms with Crippen LogP contribution in [0.1, 0.15) is 86.6 Å². The van der Waals surface area contributed by atoms with E-state index in [4.69, 9.17) is 10.5 Å². The molecule has 230 valence electrons. The largest absolute Gasteiger partial charge is 0.389 e. The number of nitrogens with two attached hydrogens (primary N) is 1. The number of nitriles is 1. The minimum absolute atomic E-state index is 0.0871. The summed E-state index contributed by atoms with van der Waals surface area (Å²) in [6.45, 7) is 16.0. The third-order valence-corrected chi connectivity index (χ3v) is 9.41. The number of halogens is 2. The van der Waals surface area contributed by atoms with Gasteiger partial charge in [0.2, 0.25) is 5.95 Å². The Hall–Kier alpha value is -3.39. The third kappa shape index (κ3) is 5.54. The normalized spacial score (nSPS) is 17.0. The highest BCUT2D eigenvalue weighted by atomic mass is 32.1. The van der Waals surface area contributed by atoms with E-state index in [1.165, 1.54) is 25.3 Å². The van der Waals surface area contributed by atoms with Gasteiger partial charge in [-0.1, -0.05) is 46.8 Å². The highest BCUT2D eigenvalue weighted by Gasteiger charge is 2.55. The lowest BCUT2D eigenvalue weighted by Crippen LogP contribution is -2.57. The van der Waals surface area contributed by atoms with Crippen LogP contribution in [0, 0.1) is 23.1 Å². The first-order chi connectivity index (χ1) is 20.6. The first kappa shape index (κ1) is 32.5. The maximum Gasteiger partial charge on any atom is 0.225 e. The second-order valence-electron chi connectivity index (χ2n) is 11.2. The first-order valence-corrected chi connectivity index (χ1v) is 15.8. The Balaban J connectivity index is 0.000000798. The number of ether oxygens (including phenoxy) is 1. The van der Waals surface area contributed by atoms with Gasteiger partial charge in [0.1, 0.15) is 22.4 Å². The summed E-state index contributed by atoms with van der Waals surface area (Å²) in [5.41, 5.74) is 8.53. The molecule has 2 fully saturated rings. The van der Waals surface area contributed by atoms with Crippen molar-refractivity contribution < 1.29 is 13.5 Å². The number of allylic oxidation sites excluding steroid dienone is 1. The SMILES string of the molecule is C=C(c1c(/C(F)=C\C)sc(N)c1C#N)c1c2c(c3cnc(N4CC(C5(N(C)C)CC5)C4)nc3c1F)COC2.CC.CCC. The maximum absolute atomic E-state index is 16.4. The summed E-state index contributed by atoms with van der Waals surface area (Å²) in [6.07, 6.45) is 6.59. The Morgan fingerprint density at radius 1 is 1.26 bits per heavy atom. The standard InChI is InChI=1S/C28H28F2N6OS.C3H8.C2H6/c1-5-20(29)25-22(16(8-31)26(32)38-25)14(2)21-19-13-37-12-18(19)17-9-33-27(34-24(17)23(21)30)36-10-15(11-36)28(6-7-28)35(3)4;1-3-2;1-2/h5,9,15H,2,6-7,10-13,32H2,1,3-4H3;3H2,1-2H3;1-2H3/b20-5+;;. The minimum Gasteiger partial charge on any atom is -0.389 e. The minimum atomic E-state index is -0.581. The molecule has 1 aliphatic carbocycles. The molecule has 0 unspecified atom stereocenters. The molecule has 1 aromatic carbocycles. The number of hydrogen-bond acceptors (Lipinski definition) is 8. The van der Waals surface area contributed by atoms with E-state index in [2.05, 4.69) is 54.3 Å². The van der Waals surface area contributed by atoms with Crippen molar-refractivity contribution in [1.29, 1.82) is 5.26 Å². The molecule has 1 saturated heterocycles. The van der Waals surface area contributed by atoms with Crippen LogP contribution < -0.4 is 10.6 Å². The molecule has 7 nitrogen and oxygen atoms in total. The summed E-state index contributed by atoms with van der Waals surface area (Å²) >= 11 is 0.952. The number of fused-ring (bicyclic) bond motifs is 3. The molecule has 4 heterocycles. The van der Waals surface area contributed by atoms with Gasteiger partial charge in [-0.25, -0.2) is 18.7 Å². The zero-order valence-electron chi connectivity index (χ0n) is 26.3. The molecular formula is C33H42F2N6OS. The molecule has 0 atom stereocenters. The number of rotatable bonds is 6. The highest BCUT2D eigenvalue weighted by molar-refractivity contribution is 7.17. The quantitative estimate of drug-likeness (QED) is 0.307. The Labute approximate surface area is 257 Å². The van der Waals surface area contributed by atoms with Gasteiger partial charge in [0.15, 0.2) is 5.82 Å². The van der Waals surface area contributed by atoms with Crippen LogP contribution in [-0.2, 0) is 18.0 Å². The Bertz CT molecular complexity index is 1600. The van der Waals surface area contributed by atoms with Crippen LogP contribution in [-0.4, -0.2) is 47.6 Å². The average molecular weight is 609 g/mol. The summed E-state index contributed by atoms with van der Waals surface area (Å²) in [7, 11) is 4.25. The molecule has 0 radical (unpaired) electrons. The van der Waals surface area contributed by atoms with Crippen LogP contribution in [0.25, 0.3) is 22.3 Å². The second-order valence-corrected chi connectivity index (χ2v) is 12.2. The smallest absolute Gasteiger partial charge is 0.225 e. The van der Waals surface area contributed by atoms with E-state index in [1.807, 2.05) is 19.9 Å². The van der Waals surface area contributed by atoms with E-state index >= 15 is 4.39 Å². The van der Waals surface area contributed by atoms with Crippen molar-refractivity contribution in [2.75, 3.05) is 37.8 Å². The average Bonchev–Trinajstić information content (AvgIpc) is 3.50. The van der Waals surface area contributed by atoms with Crippen molar-refractivity contribution in [2.45, 2.75) is 72.6 Å². The predicted molar refractivity (Wildman–Crippen MR) is 173 cm³/mol. The summed E-state index contributed by atoms with van der Waals surface area (Å²) in [5.74, 6) is -0.117. The molecule has 6 rings (SSSR count). The molecule has 2 N–H and O–H groups in total. The molecule has 0 spiro atoms. The van der Waals surface area contributed by atoms with Crippen molar-refractivity contribution in [3.8, 4) is 6.07 Å². The van der Waals surface area contributed by atoms with E-state index in [0.29, 0.717) is 22.8 Å². The van der Waals surface area contributed by atoms with Gasteiger partial charge in [-0.3, -0.25) is 0 Å². The summed E-state index contributed by atoms with van der Waals surface area (Å²) < 4.78 is 37.0. The van der Waals surface area contributed by atoms with Crippen molar-refractivity contribution in [3.05, 3.63) is 57.4 Å². The van der Waals surface area contributed by atoms with Crippen LogP contribution in [0.2, 0.25) is 0 Å². The van der Waals surface area contributed by atoms with Crippen molar-refractivity contribution in [2.24, 2.45) is 5.92 Å². The fourth-order valence-electron chi connectivity index (χ4n) is 5.97. The Kier molecular flexibility index (Phi) is 9.90. The maximum atomic E-state index is 16.4. The topological polar surface area (TPSA) is 91.3 Å². The summed E-state index contributed by atoms with van der Waals surface area (Å²) in [4.78, 5) is 13.8.